The van der Waals surface area contributed by atoms with E-state index in [1.165, 1.54) is 16.9 Å². The molecule has 1 N–H and O–H groups in total. The van der Waals surface area contributed by atoms with Gasteiger partial charge in [0.15, 0.2) is 0 Å². The molecule has 0 aliphatic carbocycles. The Kier molecular flexibility index (Phi) is 2.98. The number of nitrogens with one attached hydrogen (secondary N) is 1. The van der Waals surface area contributed by atoms with E-state index in [1.807, 2.05) is 6.07 Å². The maximum absolute atomic E-state index is 3.64. The molecule has 3 nitrogen and oxygen atoms in total. The average Bonchev–Trinajstić information content (AvgIpc) is 3.04. The van der Waals surface area contributed by atoms with Crippen molar-refractivity contribution in [1.82, 2.24) is 9.99 Å². The number of rotatable bonds is 2. The topological polar surface area (TPSA) is 20.2 Å². The molecule has 1 aliphatic rings. The first kappa shape index (κ1) is 12.2. The van der Waals surface area contributed by atoms with Gasteiger partial charge in [-0.15, -0.1) is 0 Å². The van der Waals surface area contributed by atoms with Crippen LogP contribution in [-0.2, 0) is 6.67 Å². The summed E-state index contributed by atoms with van der Waals surface area (Å²) >= 11 is 0. The van der Waals surface area contributed by atoms with Crippen molar-refractivity contribution < 1.29 is 0 Å². The van der Waals surface area contributed by atoms with Crippen LogP contribution in [-0.4, -0.2) is 4.57 Å². The minimum atomic E-state index is 0.176. The van der Waals surface area contributed by atoms with Gasteiger partial charge in [0.25, 0.3) is 0 Å². The summed E-state index contributed by atoms with van der Waals surface area (Å²) in [6.45, 7) is 0.815. The molecule has 0 saturated carbocycles. The van der Waals surface area contributed by atoms with Gasteiger partial charge in [-0.05, 0) is 29.8 Å². The minimum absolute atomic E-state index is 0.176. The van der Waals surface area contributed by atoms with E-state index in [2.05, 4.69) is 87.9 Å². The highest BCUT2D eigenvalue weighted by molar-refractivity contribution is 5.46. The van der Waals surface area contributed by atoms with Gasteiger partial charge in [-0.2, -0.15) is 0 Å². The zero-order valence-corrected chi connectivity index (χ0v) is 11.7. The first-order chi connectivity index (χ1) is 10.4. The van der Waals surface area contributed by atoms with Crippen molar-refractivity contribution in [3.63, 3.8) is 0 Å². The fourth-order valence-electron chi connectivity index (χ4n) is 2.89. The van der Waals surface area contributed by atoms with Gasteiger partial charge in [0, 0.05) is 11.9 Å². The van der Waals surface area contributed by atoms with E-state index in [1.54, 1.807) is 0 Å². The smallest absolute Gasteiger partial charge is 0.109 e. The highest BCUT2D eigenvalue weighted by Crippen LogP contribution is 2.28. The minimum Gasteiger partial charge on any atom is -0.330 e. The summed E-state index contributed by atoms with van der Waals surface area (Å²) in [5.74, 6) is 0. The second kappa shape index (κ2) is 5.11. The predicted molar refractivity (Wildman–Crippen MR) is 84.8 cm³/mol. The molecular formula is C18H17N3. The van der Waals surface area contributed by atoms with Gasteiger partial charge in [0.1, 0.15) is 6.67 Å². The SMILES string of the molecule is c1ccc(C2NN(c3ccccc3)Cn3cccc32)cc1. The normalized spacial score (nSPS) is 17.5. The number of hydrogen-bond acceptors (Lipinski definition) is 2. The maximum atomic E-state index is 3.64. The van der Waals surface area contributed by atoms with E-state index >= 15 is 0 Å². The van der Waals surface area contributed by atoms with Crippen molar-refractivity contribution in [2.75, 3.05) is 5.01 Å². The molecule has 0 saturated heterocycles. The molecule has 1 atom stereocenters. The molecule has 1 aromatic heterocycles. The van der Waals surface area contributed by atoms with E-state index in [0.717, 1.165) is 6.67 Å². The third kappa shape index (κ3) is 2.22. The summed E-state index contributed by atoms with van der Waals surface area (Å²) in [7, 11) is 0. The molecule has 0 spiro atoms. The zero-order valence-electron chi connectivity index (χ0n) is 11.7. The number of hydrazine groups is 1. The number of nitrogens with zero attached hydrogens (tertiary/aromatic N) is 2. The molecule has 0 amide bonds. The van der Waals surface area contributed by atoms with Gasteiger partial charge in [-0.25, -0.2) is 5.43 Å². The molecule has 1 unspecified atom stereocenters. The molecule has 2 heterocycles. The van der Waals surface area contributed by atoms with Crippen molar-refractivity contribution in [3.8, 4) is 0 Å². The number of anilines is 1. The lowest BCUT2D eigenvalue weighted by Crippen LogP contribution is -2.47. The largest absolute Gasteiger partial charge is 0.330 e. The quantitative estimate of drug-likeness (QED) is 0.771. The Morgan fingerprint density at radius 1 is 0.810 bits per heavy atom. The van der Waals surface area contributed by atoms with Gasteiger partial charge in [0.05, 0.1) is 11.7 Å². The Labute approximate surface area is 124 Å². The fourth-order valence-corrected chi connectivity index (χ4v) is 2.89. The van der Waals surface area contributed by atoms with Crippen molar-refractivity contribution in [2.45, 2.75) is 12.7 Å². The molecule has 0 bridgehead atoms. The van der Waals surface area contributed by atoms with Crippen LogP contribution in [0.5, 0.6) is 0 Å². The van der Waals surface area contributed by atoms with Crippen LogP contribution in [0.15, 0.2) is 79.0 Å². The summed E-state index contributed by atoms with van der Waals surface area (Å²) in [4.78, 5) is 0. The van der Waals surface area contributed by atoms with E-state index in [4.69, 9.17) is 0 Å². The summed E-state index contributed by atoms with van der Waals surface area (Å²) in [6.07, 6.45) is 2.14. The first-order valence-corrected chi connectivity index (χ1v) is 7.20. The highest BCUT2D eigenvalue weighted by atomic mass is 15.6. The number of hydrogen-bond donors (Lipinski definition) is 1. The lowest BCUT2D eigenvalue weighted by molar-refractivity contribution is 0.427. The third-order valence-corrected chi connectivity index (χ3v) is 3.94. The molecule has 0 fully saturated rings. The highest BCUT2D eigenvalue weighted by Gasteiger charge is 2.25. The second-order valence-electron chi connectivity index (χ2n) is 5.28. The van der Waals surface area contributed by atoms with Gasteiger partial charge >= 0.3 is 0 Å². The monoisotopic (exact) mass is 275 g/mol. The van der Waals surface area contributed by atoms with Gasteiger partial charge < -0.3 is 4.57 Å². The Morgan fingerprint density at radius 2 is 1.52 bits per heavy atom. The van der Waals surface area contributed by atoms with Crippen molar-refractivity contribution in [1.29, 1.82) is 0 Å². The molecular weight excluding hydrogens is 258 g/mol. The van der Waals surface area contributed by atoms with Crippen LogP contribution in [0, 0.1) is 0 Å². The Hall–Kier alpha value is -2.52. The van der Waals surface area contributed by atoms with E-state index in [9.17, 15) is 0 Å². The van der Waals surface area contributed by atoms with E-state index in [0.29, 0.717) is 0 Å². The van der Waals surface area contributed by atoms with Crippen LogP contribution in [0.4, 0.5) is 5.69 Å². The molecule has 3 heteroatoms. The molecule has 1 aliphatic heterocycles. The zero-order chi connectivity index (χ0) is 14.1. The lowest BCUT2D eigenvalue weighted by Gasteiger charge is -2.37. The van der Waals surface area contributed by atoms with E-state index in [-0.39, 0.29) is 6.04 Å². The molecule has 3 aromatic rings. The number of benzene rings is 2. The van der Waals surface area contributed by atoms with Crippen molar-refractivity contribution in [2.24, 2.45) is 0 Å². The van der Waals surface area contributed by atoms with E-state index < -0.39 is 0 Å². The summed E-state index contributed by atoms with van der Waals surface area (Å²) in [5.41, 5.74) is 7.39. The average molecular weight is 275 g/mol. The van der Waals surface area contributed by atoms with Gasteiger partial charge in [-0.3, -0.25) is 5.01 Å². The maximum Gasteiger partial charge on any atom is 0.109 e. The Bertz CT molecular complexity index is 718. The Morgan fingerprint density at radius 3 is 2.29 bits per heavy atom. The molecule has 21 heavy (non-hydrogen) atoms. The lowest BCUT2D eigenvalue weighted by atomic mass is 10.0. The van der Waals surface area contributed by atoms with Crippen LogP contribution in [0.25, 0.3) is 0 Å². The predicted octanol–water partition coefficient (Wildman–Crippen LogP) is 3.56. The number of para-hydroxylation sites is 1. The van der Waals surface area contributed by atoms with Gasteiger partial charge in [-0.1, -0.05) is 48.5 Å². The van der Waals surface area contributed by atoms with Crippen LogP contribution in [0.2, 0.25) is 0 Å². The third-order valence-electron chi connectivity index (χ3n) is 3.94. The number of aromatic nitrogens is 1. The Balaban J connectivity index is 1.74. The summed E-state index contributed by atoms with van der Waals surface area (Å²) in [5, 5.41) is 2.20. The summed E-state index contributed by atoms with van der Waals surface area (Å²) < 4.78 is 2.29. The van der Waals surface area contributed by atoms with Crippen LogP contribution in [0.3, 0.4) is 0 Å². The van der Waals surface area contributed by atoms with Crippen molar-refractivity contribution >= 4 is 5.69 Å². The van der Waals surface area contributed by atoms with Crippen LogP contribution < -0.4 is 10.4 Å². The second-order valence-corrected chi connectivity index (χ2v) is 5.28. The van der Waals surface area contributed by atoms with Crippen LogP contribution in [0.1, 0.15) is 17.3 Å². The molecule has 104 valence electrons. The number of fused-ring (bicyclic) bond motifs is 1. The molecule has 0 radical (unpaired) electrons. The molecule has 2 aromatic carbocycles. The van der Waals surface area contributed by atoms with Crippen molar-refractivity contribution in [3.05, 3.63) is 90.3 Å². The summed E-state index contributed by atoms with van der Waals surface area (Å²) in [6, 6.07) is 25.5. The standard InChI is InChI=1S/C18H17N3/c1-3-8-15(9-4-1)18-17-12-7-13-20(17)14-21(19-18)16-10-5-2-6-11-16/h1-13,18-19H,14H2. The van der Waals surface area contributed by atoms with Gasteiger partial charge in [0.2, 0.25) is 0 Å². The van der Waals surface area contributed by atoms with Crippen LogP contribution >= 0.6 is 0 Å². The molecule has 4 rings (SSSR count). The first-order valence-electron chi connectivity index (χ1n) is 7.20. The fraction of sp³-hybridized carbons (Fsp3) is 0.111.